The summed E-state index contributed by atoms with van der Waals surface area (Å²) in [4.78, 5) is 6.97. The molecule has 0 amide bonds. The number of nitrogens with zero attached hydrogens (tertiary/aromatic N) is 2. The molecule has 2 heteroatoms. The van der Waals surface area contributed by atoms with Crippen molar-refractivity contribution in [1.29, 1.82) is 0 Å². The zero-order chi connectivity index (χ0) is 19.2. The van der Waals surface area contributed by atoms with Crippen molar-refractivity contribution in [2.45, 2.75) is 13.5 Å². The van der Waals surface area contributed by atoms with Gasteiger partial charge < -0.3 is 4.90 Å². The molecular weight excluding hydrogens is 328 g/mol. The van der Waals surface area contributed by atoms with Crippen LogP contribution in [0.3, 0.4) is 0 Å². The summed E-state index contributed by atoms with van der Waals surface area (Å²) in [5.41, 5.74) is 7.14. The van der Waals surface area contributed by atoms with Gasteiger partial charge in [0.15, 0.2) is 0 Å². The summed E-state index contributed by atoms with van der Waals surface area (Å²) in [5.74, 6) is 0.983. The van der Waals surface area contributed by atoms with Gasteiger partial charge in [0, 0.05) is 19.7 Å². The first kappa shape index (κ1) is 18.7. The molecule has 136 valence electrons. The van der Waals surface area contributed by atoms with Crippen LogP contribution in [0.15, 0.2) is 84.4 Å². The second-order valence-corrected chi connectivity index (χ2v) is 6.84. The molecule has 0 atom stereocenters. The zero-order valence-electron chi connectivity index (χ0n) is 16.3. The third kappa shape index (κ3) is 4.35. The van der Waals surface area contributed by atoms with Crippen LogP contribution in [0.5, 0.6) is 0 Å². The Bertz CT molecular complexity index is 953. The van der Waals surface area contributed by atoms with Crippen LogP contribution in [0.4, 0.5) is 0 Å². The minimum absolute atomic E-state index is 0.667. The molecule has 0 bridgehead atoms. The quantitative estimate of drug-likeness (QED) is 0.417. The average Bonchev–Trinajstić information content (AvgIpc) is 2.70. The van der Waals surface area contributed by atoms with Gasteiger partial charge in [-0.2, -0.15) is 0 Å². The van der Waals surface area contributed by atoms with Gasteiger partial charge in [-0.05, 0) is 40.8 Å². The first-order chi connectivity index (χ1) is 13.1. The van der Waals surface area contributed by atoms with Crippen molar-refractivity contribution in [1.82, 2.24) is 4.90 Å². The monoisotopic (exact) mass is 354 g/mol. The summed E-state index contributed by atoms with van der Waals surface area (Å²) in [6.45, 7) is 6.78. The minimum atomic E-state index is 0.667. The standard InChI is InChI=1S/C25H26N2/c1-5-21-13-9-10-14-23(21)24-17-22(16-15-19(24)2)25(27(3)4)26-18-20-11-7-6-8-12-20/h5-17H,1,18H2,2-4H3. The second-order valence-electron chi connectivity index (χ2n) is 6.84. The van der Waals surface area contributed by atoms with Gasteiger partial charge in [0.2, 0.25) is 0 Å². The van der Waals surface area contributed by atoms with Crippen molar-refractivity contribution in [3.8, 4) is 11.1 Å². The highest BCUT2D eigenvalue weighted by molar-refractivity contribution is 6.00. The van der Waals surface area contributed by atoms with Gasteiger partial charge in [0.25, 0.3) is 0 Å². The van der Waals surface area contributed by atoms with E-state index in [1.165, 1.54) is 22.3 Å². The number of aryl methyl sites for hydroxylation is 1. The summed E-state index contributed by atoms with van der Waals surface area (Å²) < 4.78 is 0. The van der Waals surface area contributed by atoms with E-state index in [1.807, 2.05) is 32.3 Å². The van der Waals surface area contributed by atoms with Gasteiger partial charge in [-0.1, -0.05) is 79.4 Å². The first-order valence-electron chi connectivity index (χ1n) is 9.18. The minimum Gasteiger partial charge on any atom is -0.363 e. The fourth-order valence-electron chi connectivity index (χ4n) is 3.21. The van der Waals surface area contributed by atoms with E-state index < -0.39 is 0 Å². The Morgan fingerprint density at radius 3 is 2.33 bits per heavy atom. The first-order valence-corrected chi connectivity index (χ1v) is 9.18. The van der Waals surface area contributed by atoms with Crippen LogP contribution in [0, 0.1) is 6.92 Å². The van der Waals surface area contributed by atoms with Crippen LogP contribution < -0.4 is 0 Å². The number of hydrogen-bond donors (Lipinski definition) is 0. The van der Waals surface area contributed by atoms with Gasteiger partial charge in [-0.3, -0.25) is 4.99 Å². The Balaban J connectivity index is 2.03. The summed E-state index contributed by atoms with van der Waals surface area (Å²) in [7, 11) is 4.09. The third-order valence-corrected chi connectivity index (χ3v) is 4.64. The molecule has 0 fully saturated rings. The Labute approximate surface area is 162 Å². The van der Waals surface area contributed by atoms with E-state index >= 15 is 0 Å². The SMILES string of the molecule is C=Cc1ccccc1-c1cc(C(=NCc2ccccc2)N(C)C)ccc1C. The molecule has 0 saturated heterocycles. The van der Waals surface area contributed by atoms with Crippen LogP contribution in [-0.4, -0.2) is 24.8 Å². The molecule has 0 spiro atoms. The maximum atomic E-state index is 4.89. The number of benzene rings is 3. The smallest absolute Gasteiger partial charge is 0.130 e. The Morgan fingerprint density at radius 2 is 1.63 bits per heavy atom. The van der Waals surface area contributed by atoms with Gasteiger partial charge in [-0.15, -0.1) is 0 Å². The second kappa shape index (κ2) is 8.50. The largest absolute Gasteiger partial charge is 0.363 e. The summed E-state index contributed by atoms with van der Waals surface area (Å²) >= 11 is 0. The van der Waals surface area contributed by atoms with Crippen molar-refractivity contribution < 1.29 is 0 Å². The molecule has 0 unspecified atom stereocenters. The number of hydrogen-bond acceptors (Lipinski definition) is 1. The predicted molar refractivity (Wildman–Crippen MR) is 117 cm³/mol. The van der Waals surface area contributed by atoms with Crippen molar-refractivity contribution in [2.24, 2.45) is 4.99 Å². The molecule has 3 aromatic rings. The lowest BCUT2D eigenvalue weighted by molar-refractivity contribution is 0.619. The highest BCUT2D eigenvalue weighted by Gasteiger charge is 2.11. The number of aliphatic imine (C=N–C) groups is 1. The molecule has 0 N–H and O–H groups in total. The number of rotatable bonds is 5. The molecule has 0 aliphatic carbocycles. The lowest BCUT2D eigenvalue weighted by Gasteiger charge is -2.18. The van der Waals surface area contributed by atoms with Gasteiger partial charge in [0.1, 0.15) is 5.84 Å². The molecule has 2 nitrogen and oxygen atoms in total. The van der Waals surface area contributed by atoms with Crippen molar-refractivity contribution in [3.05, 3.63) is 102 Å². The van der Waals surface area contributed by atoms with Crippen molar-refractivity contribution >= 4 is 11.9 Å². The van der Waals surface area contributed by atoms with Gasteiger partial charge in [-0.25, -0.2) is 0 Å². The van der Waals surface area contributed by atoms with E-state index in [2.05, 4.69) is 79.1 Å². The third-order valence-electron chi connectivity index (χ3n) is 4.64. The predicted octanol–water partition coefficient (Wildman–Crippen LogP) is 5.81. The zero-order valence-corrected chi connectivity index (χ0v) is 16.3. The fraction of sp³-hybridized carbons (Fsp3) is 0.160. The Kier molecular flexibility index (Phi) is 5.87. The number of amidine groups is 1. The molecule has 0 heterocycles. The molecular formula is C25H26N2. The lowest BCUT2D eigenvalue weighted by Crippen LogP contribution is -2.23. The lowest BCUT2D eigenvalue weighted by atomic mass is 9.94. The molecule has 0 aliphatic rings. The highest BCUT2D eigenvalue weighted by atomic mass is 15.1. The molecule has 0 aliphatic heterocycles. The van der Waals surface area contributed by atoms with E-state index in [1.54, 1.807) is 0 Å². The summed E-state index contributed by atoms with van der Waals surface area (Å²) in [6, 6.07) is 25.3. The molecule has 0 saturated carbocycles. The fourth-order valence-corrected chi connectivity index (χ4v) is 3.21. The average molecular weight is 354 g/mol. The molecule has 3 aromatic carbocycles. The van der Waals surface area contributed by atoms with E-state index in [0.717, 1.165) is 17.0 Å². The van der Waals surface area contributed by atoms with Crippen LogP contribution in [-0.2, 0) is 6.54 Å². The van der Waals surface area contributed by atoms with E-state index in [0.29, 0.717) is 6.54 Å². The maximum absolute atomic E-state index is 4.89. The van der Waals surface area contributed by atoms with E-state index in [-0.39, 0.29) is 0 Å². The van der Waals surface area contributed by atoms with E-state index in [4.69, 9.17) is 4.99 Å². The highest BCUT2D eigenvalue weighted by Crippen LogP contribution is 2.29. The summed E-state index contributed by atoms with van der Waals surface area (Å²) in [5, 5.41) is 0. The van der Waals surface area contributed by atoms with Crippen LogP contribution in [0.1, 0.15) is 22.3 Å². The van der Waals surface area contributed by atoms with Gasteiger partial charge in [0.05, 0.1) is 6.54 Å². The normalized spacial score (nSPS) is 11.3. The van der Waals surface area contributed by atoms with Crippen molar-refractivity contribution in [2.75, 3.05) is 14.1 Å². The van der Waals surface area contributed by atoms with Crippen LogP contribution in [0.2, 0.25) is 0 Å². The van der Waals surface area contributed by atoms with Gasteiger partial charge >= 0.3 is 0 Å². The Hall–Kier alpha value is -3.13. The Morgan fingerprint density at radius 1 is 0.926 bits per heavy atom. The van der Waals surface area contributed by atoms with Crippen LogP contribution in [0.25, 0.3) is 17.2 Å². The molecule has 0 aromatic heterocycles. The summed E-state index contributed by atoms with van der Waals surface area (Å²) in [6.07, 6.45) is 1.91. The molecule has 27 heavy (non-hydrogen) atoms. The van der Waals surface area contributed by atoms with Crippen molar-refractivity contribution in [3.63, 3.8) is 0 Å². The van der Waals surface area contributed by atoms with Crippen LogP contribution >= 0.6 is 0 Å². The molecule has 0 radical (unpaired) electrons. The maximum Gasteiger partial charge on any atom is 0.130 e. The van der Waals surface area contributed by atoms with E-state index in [9.17, 15) is 0 Å². The molecule has 3 rings (SSSR count). The topological polar surface area (TPSA) is 15.6 Å².